The van der Waals surface area contributed by atoms with E-state index in [4.69, 9.17) is 14.2 Å². The molecule has 2 aromatic rings. The molecule has 3 N–H and O–H groups in total. The molecule has 9 heteroatoms. The number of aromatic nitrogens is 1. The number of aromatic hydroxyl groups is 1. The van der Waals surface area contributed by atoms with E-state index >= 15 is 0 Å². The number of benzene rings is 1. The zero-order valence-electron chi connectivity index (χ0n) is 24.8. The fourth-order valence-electron chi connectivity index (χ4n) is 7.76. The first-order chi connectivity index (χ1) is 18.6. The maximum atomic E-state index is 12.2. The van der Waals surface area contributed by atoms with Gasteiger partial charge >= 0.3 is 5.97 Å². The van der Waals surface area contributed by atoms with Crippen molar-refractivity contribution in [2.24, 2.45) is 11.3 Å². The number of carbonyl (C=O) groups excluding carboxylic acids is 1. The van der Waals surface area contributed by atoms with Crippen molar-refractivity contribution >= 4 is 27.5 Å². The van der Waals surface area contributed by atoms with E-state index in [1.54, 1.807) is 19.4 Å². The molecular formula is C31H43NO7S. The standard InChI is InChI=1S/C31H43NO7S/c1-9-15(2)25(37-17(4)33)16(3)20-23(34)26-21(22-27(20)40-14-32-22)24(35)28-30(7)12-10-18(29(5,6)36)38-19(30)11-13-31(28,8)39-26/h9,14,16,18-19,24-25,28,34-36H,10-13H2,1-8H3/t16-,18+,19+,24+,25+,28+,30-,31+/m0/s1. The molecule has 8 atom stereocenters. The molecule has 40 heavy (non-hydrogen) atoms. The lowest BCUT2D eigenvalue weighted by molar-refractivity contribution is -0.256. The van der Waals surface area contributed by atoms with E-state index in [1.807, 2.05) is 33.8 Å². The molecule has 5 rings (SSSR count). The number of aliphatic hydroxyl groups excluding tert-OH is 1. The number of ether oxygens (including phenoxy) is 3. The van der Waals surface area contributed by atoms with Crippen molar-refractivity contribution < 1.29 is 34.3 Å². The Hall–Kier alpha value is -2.20. The summed E-state index contributed by atoms with van der Waals surface area (Å²) in [6, 6.07) is 0. The molecule has 3 heterocycles. The van der Waals surface area contributed by atoms with Crippen molar-refractivity contribution in [3.63, 3.8) is 0 Å². The highest BCUT2D eigenvalue weighted by atomic mass is 32.1. The first-order valence-electron chi connectivity index (χ1n) is 14.3. The van der Waals surface area contributed by atoms with E-state index < -0.39 is 40.7 Å². The SMILES string of the molecule is CC=C(C)[C@@H](OC(C)=O)[C@@H](C)c1c(O)c2c(c3ncsc13)[C@@H](O)[C@@H]1[C@@]3(C)CC[C@H](C(C)(C)O)O[C@@H]3CC[C@@]1(C)O2. The molecule has 0 bridgehead atoms. The van der Waals surface area contributed by atoms with Gasteiger partial charge in [0.15, 0.2) is 11.5 Å². The van der Waals surface area contributed by atoms with Gasteiger partial charge in [-0.1, -0.05) is 19.9 Å². The fraction of sp³-hybridized carbons (Fsp3) is 0.677. The van der Waals surface area contributed by atoms with E-state index in [9.17, 15) is 20.1 Å². The maximum Gasteiger partial charge on any atom is 0.303 e. The zero-order chi connectivity index (χ0) is 29.4. The van der Waals surface area contributed by atoms with Gasteiger partial charge in [0.25, 0.3) is 0 Å². The van der Waals surface area contributed by atoms with E-state index in [0.717, 1.165) is 23.1 Å². The lowest BCUT2D eigenvalue weighted by Gasteiger charge is -2.61. The summed E-state index contributed by atoms with van der Waals surface area (Å²) in [7, 11) is 0. The van der Waals surface area contributed by atoms with Crippen LogP contribution in [-0.4, -0.2) is 55.8 Å². The number of hydrogen-bond donors (Lipinski definition) is 3. The predicted octanol–water partition coefficient (Wildman–Crippen LogP) is 5.92. The second-order valence-corrected chi connectivity index (χ2v) is 13.9. The molecule has 0 spiro atoms. The normalized spacial score (nSPS) is 33.8. The van der Waals surface area contributed by atoms with Crippen LogP contribution in [0, 0.1) is 11.3 Å². The first-order valence-corrected chi connectivity index (χ1v) is 15.2. The summed E-state index contributed by atoms with van der Waals surface area (Å²) >= 11 is 1.39. The lowest BCUT2D eigenvalue weighted by Crippen LogP contribution is -2.64. The topological polar surface area (TPSA) is 118 Å². The minimum absolute atomic E-state index is 0.0340. The highest BCUT2D eigenvalue weighted by Crippen LogP contribution is 2.64. The zero-order valence-corrected chi connectivity index (χ0v) is 25.6. The molecule has 0 radical (unpaired) electrons. The van der Waals surface area contributed by atoms with E-state index in [1.165, 1.54) is 18.3 Å². The van der Waals surface area contributed by atoms with E-state index in [2.05, 4.69) is 11.9 Å². The Kier molecular flexibility index (Phi) is 7.30. The smallest absolute Gasteiger partial charge is 0.303 e. The highest BCUT2D eigenvalue weighted by molar-refractivity contribution is 7.17. The minimum atomic E-state index is -0.947. The van der Waals surface area contributed by atoms with Gasteiger partial charge in [0.05, 0.1) is 45.2 Å². The van der Waals surface area contributed by atoms with Crippen LogP contribution in [0.2, 0.25) is 0 Å². The summed E-state index contributed by atoms with van der Waals surface area (Å²) in [5.41, 5.74) is 2.20. The van der Waals surface area contributed by atoms with Crippen molar-refractivity contribution in [1.82, 2.24) is 4.98 Å². The van der Waals surface area contributed by atoms with Gasteiger partial charge in [-0.05, 0) is 65.9 Å². The van der Waals surface area contributed by atoms with Gasteiger partial charge in [0.1, 0.15) is 11.7 Å². The van der Waals surface area contributed by atoms with Crippen molar-refractivity contribution in [3.05, 3.63) is 28.3 Å². The number of fused-ring (bicyclic) bond motifs is 6. The largest absolute Gasteiger partial charge is 0.504 e. The molecule has 1 saturated heterocycles. The number of aliphatic hydroxyl groups is 2. The Labute approximate surface area is 240 Å². The van der Waals surface area contributed by atoms with Crippen LogP contribution in [0.4, 0.5) is 0 Å². The summed E-state index contributed by atoms with van der Waals surface area (Å²) < 4.78 is 19.7. The fourth-order valence-corrected chi connectivity index (χ4v) is 8.70. The third-order valence-electron chi connectivity index (χ3n) is 9.90. The van der Waals surface area contributed by atoms with E-state index in [-0.39, 0.29) is 29.6 Å². The van der Waals surface area contributed by atoms with Gasteiger partial charge in [-0.3, -0.25) is 4.79 Å². The van der Waals surface area contributed by atoms with E-state index in [0.29, 0.717) is 29.5 Å². The Morgan fingerprint density at radius 2 is 1.98 bits per heavy atom. The average Bonchev–Trinajstić information content (AvgIpc) is 3.34. The van der Waals surface area contributed by atoms with Gasteiger partial charge in [0, 0.05) is 29.7 Å². The van der Waals surface area contributed by atoms with Gasteiger partial charge < -0.3 is 29.5 Å². The molecule has 1 aromatic carbocycles. The summed E-state index contributed by atoms with van der Waals surface area (Å²) in [5, 5.41) is 34.6. The maximum absolute atomic E-state index is 12.2. The molecule has 220 valence electrons. The Bertz CT molecular complexity index is 1350. The van der Waals surface area contributed by atoms with Crippen LogP contribution in [0.5, 0.6) is 11.5 Å². The van der Waals surface area contributed by atoms with Crippen LogP contribution in [0.3, 0.4) is 0 Å². The first kappa shape index (κ1) is 29.3. The number of esters is 1. The van der Waals surface area contributed by atoms with Crippen molar-refractivity contribution in [2.45, 2.75) is 123 Å². The molecule has 3 aliphatic rings. The van der Waals surface area contributed by atoms with Gasteiger partial charge in [-0.15, -0.1) is 11.3 Å². The molecule has 1 aromatic heterocycles. The molecule has 1 aliphatic carbocycles. The number of rotatable bonds is 5. The number of thiazole rings is 1. The molecule has 1 saturated carbocycles. The van der Waals surface area contributed by atoms with Crippen molar-refractivity contribution in [3.8, 4) is 11.5 Å². The number of nitrogens with zero attached hydrogens (tertiary/aromatic N) is 1. The second kappa shape index (κ2) is 9.96. The summed E-state index contributed by atoms with van der Waals surface area (Å²) in [6.45, 7) is 14.9. The Morgan fingerprint density at radius 1 is 1.27 bits per heavy atom. The van der Waals surface area contributed by atoms with Crippen LogP contribution in [-0.2, 0) is 14.3 Å². The van der Waals surface area contributed by atoms with Crippen molar-refractivity contribution in [1.29, 1.82) is 0 Å². The molecular weight excluding hydrogens is 530 g/mol. The average molecular weight is 574 g/mol. The van der Waals surface area contributed by atoms with Crippen LogP contribution in [0.25, 0.3) is 10.2 Å². The summed E-state index contributed by atoms with van der Waals surface area (Å²) in [4.78, 5) is 16.7. The predicted molar refractivity (Wildman–Crippen MR) is 154 cm³/mol. The minimum Gasteiger partial charge on any atom is -0.504 e. The van der Waals surface area contributed by atoms with Crippen LogP contribution >= 0.6 is 11.3 Å². The molecule has 2 fully saturated rings. The number of phenols is 1. The lowest BCUT2D eigenvalue weighted by atomic mass is 9.53. The van der Waals surface area contributed by atoms with Crippen LogP contribution in [0.1, 0.15) is 104 Å². The van der Waals surface area contributed by atoms with Gasteiger partial charge in [-0.25, -0.2) is 4.98 Å². The number of carbonyl (C=O) groups is 1. The Balaban J connectivity index is 1.62. The quantitative estimate of drug-likeness (QED) is 0.298. The van der Waals surface area contributed by atoms with Gasteiger partial charge in [-0.2, -0.15) is 0 Å². The third-order valence-corrected chi connectivity index (χ3v) is 10.8. The highest BCUT2D eigenvalue weighted by Gasteiger charge is 2.63. The molecule has 0 amide bonds. The summed E-state index contributed by atoms with van der Waals surface area (Å²) in [6.07, 6.45) is 2.78. The second-order valence-electron chi connectivity index (χ2n) is 13.1. The van der Waals surface area contributed by atoms with Crippen LogP contribution in [0.15, 0.2) is 17.2 Å². The molecule has 8 nitrogen and oxygen atoms in total. The van der Waals surface area contributed by atoms with Gasteiger partial charge in [0.2, 0.25) is 0 Å². The molecule has 0 unspecified atom stereocenters. The molecule has 2 aliphatic heterocycles. The number of phenolic OH excluding ortho intramolecular Hbond substituents is 1. The monoisotopic (exact) mass is 573 g/mol. The summed E-state index contributed by atoms with van der Waals surface area (Å²) in [5.74, 6) is -0.865. The number of allylic oxidation sites excluding steroid dienone is 1. The van der Waals surface area contributed by atoms with Crippen molar-refractivity contribution in [2.75, 3.05) is 0 Å². The number of hydrogen-bond acceptors (Lipinski definition) is 9. The van der Waals surface area contributed by atoms with Crippen LogP contribution < -0.4 is 4.74 Å². The third kappa shape index (κ3) is 4.44. The Morgan fingerprint density at radius 3 is 2.60 bits per heavy atom.